The molecule has 0 saturated carbocycles. The van der Waals surface area contributed by atoms with E-state index in [0.29, 0.717) is 37.4 Å². The monoisotopic (exact) mass is 364 g/mol. The van der Waals surface area contributed by atoms with Crippen LogP contribution in [0.1, 0.15) is 0 Å². The first kappa shape index (κ1) is 17.7. The molecule has 1 aliphatic rings. The van der Waals surface area contributed by atoms with E-state index in [-0.39, 0.29) is 17.3 Å². The fraction of sp³-hybridized carbons (Fsp3) is 0.353. The van der Waals surface area contributed by atoms with Crippen molar-refractivity contribution < 1.29 is 22.7 Å². The second kappa shape index (κ2) is 7.38. The van der Waals surface area contributed by atoms with E-state index in [1.165, 1.54) is 0 Å². The highest BCUT2D eigenvalue weighted by molar-refractivity contribution is 7.93. The first-order valence-electron chi connectivity index (χ1n) is 7.93. The summed E-state index contributed by atoms with van der Waals surface area (Å²) in [6.45, 7) is 1.34. The van der Waals surface area contributed by atoms with Gasteiger partial charge < -0.3 is 14.8 Å². The minimum absolute atomic E-state index is 0.247. The number of nitrogens with zero attached hydrogens (tertiary/aromatic N) is 1. The van der Waals surface area contributed by atoms with Crippen molar-refractivity contribution in [3.8, 4) is 0 Å². The van der Waals surface area contributed by atoms with E-state index in [2.05, 4.69) is 5.32 Å². The number of benzene rings is 2. The first-order chi connectivity index (χ1) is 12.1. The summed E-state index contributed by atoms with van der Waals surface area (Å²) in [5.41, 5.74) is 0.541. The number of nitrogens with one attached hydrogen (secondary N) is 1. The average Bonchev–Trinajstić information content (AvgIpc) is 2.82. The number of carbonyl (C=O) groups is 1. The molecular formula is C17H20N2O5S. The zero-order valence-corrected chi connectivity index (χ0v) is 14.7. The summed E-state index contributed by atoms with van der Waals surface area (Å²) in [7, 11) is -2.13. The molecule has 2 aromatic rings. The molecule has 0 atom stereocenters. The Morgan fingerprint density at radius 2 is 1.88 bits per heavy atom. The number of carbonyl (C=O) groups excluding carboxylic acids is 1. The van der Waals surface area contributed by atoms with E-state index in [0.717, 1.165) is 9.69 Å². The van der Waals surface area contributed by atoms with Crippen LogP contribution in [-0.2, 0) is 24.3 Å². The van der Waals surface area contributed by atoms with Gasteiger partial charge in [0.25, 0.3) is 10.0 Å². The Labute approximate surface area is 146 Å². The number of rotatable bonds is 8. The molecule has 1 N–H and O–H groups in total. The SMILES string of the molecule is COCCOCCNC(=O)CN1c2cccc3cccc(c23)S1(=O)=O. The van der Waals surface area contributed by atoms with E-state index in [9.17, 15) is 13.2 Å². The van der Waals surface area contributed by atoms with Crippen molar-refractivity contribution in [1.82, 2.24) is 5.32 Å². The molecule has 2 aromatic carbocycles. The normalized spacial score (nSPS) is 14.8. The number of hydrogen-bond acceptors (Lipinski definition) is 5. The number of hydrogen-bond donors (Lipinski definition) is 1. The van der Waals surface area contributed by atoms with Crippen molar-refractivity contribution in [2.24, 2.45) is 0 Å². The molecule has 0 bridgehead atoms. The molecule has 7 nitrogen and oxygen atoms in total. The molecule has 25 heavy (non-hydrogen) atoms. The van der Waals surface area contributed by atoms with Gasteiger partial charge in [0.2, 0.25) is 5.91 Å². The van der Waals surface area contributed by atoms with E-state index in [1.54, 1.807) is 31.4 Å². The number of methoxy groups -OCH3 is 1. The molecule has 0 aromatic heterocycles. The van der Waals surface area contributed by atoms with Crippen LogP contribution in [0.15, 0.2) is 41.3 Å². The average molecular weight is 364 g/mol. The summed E-state index contributed by atoms with van der Waals surface area (Å²) >= 11 is 0. The minimum Gasteiger partial charge on any atom is -0.382 e. The Morgan fingerprint density at radius 1 is 1.12 bits per heavy atom. The van der Waals surface area contributed by atoms with Gasteiger partial charge in [-0.3, -0.25) is 9.10 Å². The molecule has 3 rings (SSSR count). The molecule has 1 amide bonds. The van der Waals surface area contributed by atoms with E-state index < -0.39 is 10.0 Å². The van der Waals surface area contributed by atoms with Gasteiger partial charge in [-0.05, 0) is 17.5 Å². The third-order valence-corrected chi connectivity index (χ3v) is 5.77. The number of sulfonamides is 1. The van der Waals surface area contributed by atoms with Gasteiger partial charge >= 0.3 is 0 Å². The molecule has 0 radical (unpaired) electrons. The van der Waals surface area contributed by atoms with Crippen molar-refractivity contribution in [2.45, 2.75) is 4.90 Å². The third kappa shape index (κ3) is 3.46. The zero-order valence-electron chi connectivity index (χ0n) is 13.9. The fourth-order valence-corrected chi connectivity index (χ4v) is 4.49. The van der Waals surface area contributed by atoms with Crippen molar-refractivity contribution in [1.29, 1.82) is 0 Å². The standard InChI is InChI=1S/C17H20N2O5S/c1-23-10-11-24-9-8-18-16(20)12-19-14-6-2-4-13-5-3-7-15(17(13)14)25(19,21)22/h2-7H,8-12H2,1H3,(H,18,20). The predicted molar refractivity (Wildman–Crippen MR) is 94.2 cm³/mol. The van der Waals surface area contributed by atoms with Crippen molar-refractivity contribution in [3.05, 3.63) is 36.4 Å². The summed E-state index contributed by atoms with van der Waals surface area (Å²) in [6.07, 6.45) is 0. The molecular weight excluding hydrogens is 344 g/mol. The third-order valence-electron chi connectivity index (χ3n) is 3.97. The van der Waals surface area contributed by atoms with Gasteiger partial charge in [0.15, 0.2) is 0 Å². The Morgan fingerprint density at radius 3 is 2.64 bits per heavy atom. The van der Waals surface area contributed by atoms with E-state index in [4.69, 9.17) is 9.47 Å². The summed E-state index contributed by atoms with van der Waals surface area (Å²) in [5, 5.41) is 4.18. The molecule has 1 aliphatic heterocycles. The Hall–Kier alpha value is -2.16. The molecule has 0 spiro atoms. The second-order valence-electron chi connectivity index (χ2n) is 5.60. The lowest BCUT2D eigenvalue weighted by Crippen LogP contribution is -2.40. The molecule has 0 unspecified atom stereocenters. The van der Waals surface area contributed by atoms with Gasteiger partial charge in [-0.15, -0.1) is 0 Å². The lowest BCUT2D eigenvalue weighted by Gasteiger charge is -2.18. The number of anilines is 1. The Balaban J connectivity index is 1.68. The second-order valence-corrected chi connectivity index (χ2v) is 7.43. The largest absolute Gasteiger partial charge is 0.382 e. The number of amides is 1. The number of ether oxygens (including phenoxy) is 2. The van der Waals surface area contributed by atoms with Crippen LogP contribution < -0.4 is 9.62 Å². The highest BCUT2D eigenvalue weighted by Gasteiger charge is 2.36. The van der Waals surface area contributed by atoms with Gasteiger partial charge in [-0.1, -0.05) is 24.3 Å². The van der Waals surface area contributed by atoms with Gasteiger partial charge in [0.05, 0.1) is 30.4 Å². The molecule has 134 valence electrons. The highest BCUT2D eigenvalue weighted by Crippen LogP contribution is 2.41. The molecule has 1 heterocycles. The Kier molecular flexibility index (Phi) is 5.22. The van der Waals surface area contributed by atoms with Crippen LogP contribution in [0.2, 0.25) is 0 Å². The van der Waals surface area contributed by atoms with Gasteiger partial charge in [0, 0.05) is 19.0 Å². The minimum atomic E-state index is -3.71. The zero-order chi connectivity index (χ0) is 17.9. The topological polar surface area (TPSA) is 84.9 Å². The summed E-state index contributed by atoms with van der Waals surface area (Å²) in [4.78, 5) is 12.4. The highest BCUT2D eigenvalue weighted by atomic mass is 32.2. The van der Waals surface area contributed by atoms with E-state index >= 15 is 0 Å². The maximum absolute atomic E-state index is 12.8. The Bertz CT molecular complexity index is 876. The van der Waals surface area contributed by atoms with Crippen molar-refractivity contribution >= 4 is 32.4 Å². The maximum atomic E-state index is 12.8. The quantitative estimate of drug-likeness (QED) is 0.710. The van der Waals surface area contributed by atoms with Crippen LogP contribution in [0, 0.1) is 0 Å². The van der Waals surface area contributed by atoms with Crippen LogP contribution in [0.4, 0.5) is 5.69 Å². The van der Waals surface area contributed by atoms with Crippen LogP contribution in [0.25, 0.3) is 10.8 Å². The van der Waals surface area contributed by atoms with Crippen LogP contribution in [0.3, 0.4) is 0 Å². The van der Waals surface area contributed by atoms with Crippen molar-refractivity contribution in [2.75, 3.05) is 44.3 Å². The summed E-state index contributed by atoms with van der Waals surface area (Å²) in [5.74, 6) is -0.372. The molecule has 8 heteroatoms. The van der Waals surface area contributed by atoms with Crippen LogP contribution in [-0.4, -0.2) is 54.3 Å². The lowest BCUT2D eigenvalue weighted by molar-refractivity contribution is -0.119. The predicted octanol–water partition coefficient (Wildman–Crippen LogP) is 1.13. The molecule has 0 aliphatic carbocycles. The summed E-state index contributed by atoms with van der Waals surface area (Å²) in [6, 6.07) is 10.5. The smallest absolute Gasteiger partial charge is 0.265 e. The molecule has 0 saturated heterocycles. The van der Waals surface area contributed by atoms with Crippen LogP contribution in [0.5, 0.6) is 0 Å². The van der Waals surface area contributed by atoms with E-state index in [1.807, 2.05) is 12.1 Å². The first-order valence-corrected chi connectivity index (χ1v) is 9.37. The molecule has 0 fully saturated rings. The van der Waals surface area contributed by atoms with Gasteiger partial charge in [0.1, 0.15) is 6.54 Å². The fourth-order valence-electron chi connectivity index (χ4n) is 2.82. The summed E-state index contributed by atoms with van der Waals surface area (Å²) < 4.78 is 36.8. The van der Waals surface area contributed by atoms with Gasteiger partial charge in [-0.2, -0.15) is 0 Å². The van der Waals surface area contributed by atoms with Gasteiger partial charge in [-0.25, -0.2) is 8.42 Å². The van der Waals surface area contributed by atoms with Crippen molar-refractivity contribution in [3.63, 3.8) is 0 Å². The van der Waals surface area contributed by atoms with Crippen LogP contribution >= 0.6 is 0 Å². The lowest BCUT2D eigenvalue weighted by atomic mass is 10.1. The maximum Gasteiger partial charge on any atom is 0.265 e.